The fourth-order valence-corrected chi connectivity index (χ4v) is 11.4. The molecule has 0 aliphatic rings. The molecule has 21 heteroatoms. The van der Waals surface area contributed by atoms with Crippen LogP contribution in [0.25, 0.3) is 32.7 Å². The lowest BCUT2D eigenvalue weighted by atomic mass is 9.98. The second kappa shape index (κ2) is 18.8. The number of tetrazole rings is 1. The van der Waals surface area contributed by atoms with Crippen molar-refractivity contribution in [2.75, 3.05) is 39.4 Å². The summed E-state index contributed by atoms with van der Waals surface area (Å²) in [6.45, 7) is -1.06. The van der Waals surface area contributed by atoms with E-state index >= 15 is 8.42 Å². The van der Waals surface area contributed by atoms with Crippen molar-refractivity contribution in [3.05, 3.63) is 120 Å². The van der Waals surface area contributed by atoms with Crippen molar-refractivity contribution >= 4 is 52.6 Å². The van der Waals surface area contributed by atoms with Gasteiger partial charge in [-0.15, -0.1) is 10.2 Å². The fourth-order valence-electron chi connectivity index (χ4n) is 6.83. The van der Waals surface area contributed by atoms with Gasteiger partial charge in [0.1, 0.15) is 22.1 Å². The highest BCUT2D eigenvalue weighted by Crippen LogP contribution is 2.44. The highest BCUT2D eigenvalue weighted by Gasteiger charge is 2.38. The summed E-state index contributed by atoms with van der Waals surface area (Å²) in [5.41, 5.74) is 8.78. The van der Waals surface area contributed by atoms with Gasteiger partial charge in [0, 0.05) is 25.2 Å². The summed E-state index contributed by atoms with van der Waals surface area (Å²) in [6.07, 6.45) is -3.26. The van der Waals surface area contributed by atoms with Crippen LogP contribution in [0.5, 0.6) is 17.2 Å². The van der Waals surface area contributed by atoms with Gasteiger partial charge >= 0.3 is 6.09 Å². The number of sulfonamides is 1. The molecule has 2 aromatic heterocycles. The number of benzene rings is 5. The number of methoxy groups -OCH3 is 3. The maximum absolute atomic E-state index is 15.9. The number of carbonyl (C=O) groups is 1. The van der Waals surface area contributed by atoms with Gasteiger partial charge in [0.25, 0.3) is 0 Å². The van der Waals surface area contributed by atoms with Crippen LogP contribution in [-0.2, 0) is 39.5 Å². The van der Waals surface area contributed by atoms with E-state index < -0.39 is 54.1 Å². The molecule has 0 saturated heterocycles. The standard InChI is InChI=1S/C42H42N8O10S3/c1-58-30-13-7-26(8-14-30)22-49(23-27-9-15-31(59-2)16-10-27)63(56,57)39-36(62(54,55)25-29(51)21-44-42(52)53)20-19-33(34-5-4-6-35-38(34)45-41(43)61-35)37(39)40-46-48-50(47-40)24-28-11-17-32(60-3)18-12-28/h4-20,29,44,51H,21-25H2,1-3H3,(H2,43,45)(H,52,53). The molecule has 0 fully saturated rings. The number of amides is 1. The number of fused-ring (bicyclic) bond motifs is 1. The maximum atomic E-state index is 15.9. The monoisotopic (exact) mass is 914 g/mol. The van der Waals surface area contributed by atoms with Crippen LogP contribution in [0.4, 0.5) is 9.93 Å². The largest absolute Gasteiger partial charge is 0.497 e. The van der Waals surface area contributed by atoms with Crippen LogP contribution >= 0.6 is 11.3 Å². The third kappa shape index (κ3) is 10.0. The van der Waals surface area contributed by atoms with Gasteiger partial charge in [-0.3, -0.25) is 0 Å². The van der Waals surface area contributed by atoms with Gasteiger partial charge in [0.05, 0.1) is 60.4 Å². The molecule has 0 bridgehead atoms. The van der Waals surface area contributed by atoms with Crippen molar-refractivity contribution in [2.45, 2.75) is 35.5 Å². The number of hydrogen-bond acceptors (Lipinski definition) is 15. The molecule has 63 heavy (non-hydrogen) atoms. The number of para-hydroxylation sites is 1. The normalized spacial score (nSPS) is 12.3. The molecule has 7 rings (SSSR count). The summed E-state index contributed by atoms with van der Waals surface area (Å²) in [6, 6.07) is 28.4. The lowest BCUT2D eigenvalue weighted by Crippen LogP contribution is -2.36. The number of nitrogens with zero attached hydrogens (tertiary/aromatic N) is 6. The minimum absolute atomic E-state index is 0.0917. The lowest BCUT2D eigenvalue weighted by Gasteiger charge is -2.26. The molecule has 1 atom stereocenters. The second-order valence-corrected chi connectivity index (χ2v) is 19.0. The molecule has 7 aromatic rings. The number of nitrogens with one attached hydrogen (secondary N) is 1. The van der Waals surface area contributed by atoms with Gasteiger partial charge in [0.15, 0.2) is 15.0 Å². The molecular weight excluding hydrogens is 873 g/mol. The number of carboxylic acid groups (broad SMARTS) is 1. The van der Waals surface area contributed by atoms with Gasteiger partial charge in [-0.05, 0) is 76.0 Å². The number of nitrogen functional groups attached to an aromatic ring is 1. The topological polar surface area (TPSA) is 251 Å². The smallest absolute Gasteiger partial charge is 0.404 e. The number of hydrogen-bond donors (Lipinski definition) is 4. The van der Waals surface area contributed by atoms with Crippen LogP contribution in [-0.4, -0.2) is 102 Å². The van der Waals surface area contributed by atoms with E-state index in [-0.39, 0.29) is 41.7 Å². The molecule has 1 unspecified atom stereocenters. The molecule has 5 N–H and O–H groups in total. The molecule has 18 nitrogen and oxygen atoms in total. The van der Waals surface area contributed by atoms with Gasteiger partial charge in [-0.1, -0.05) is 65.9 Å². The van der Waals surface area contributed by atoms with E-state index in [1.165, 1.54) is 36.4 Å². The first-order valence-corrected chi connectivity index (χ1v) is 23.0. The third-order valence-electron chi connectivity index (χ3n) is 9.88. The molecule has 2 heterocycles. The van der Waals surface area contributed by atoms with Crippen molar-refractivity contribution in [3.63, 3.8) is 0 Å². The number of ether oxygens (including phenoxy) is 3. The molecule has 0 saturated carbocycles. The predicted octanol–water partition coefficient (Wildman–Crippen LogP) is 5.07. The molecule has 5 aromatic carbocycles. The first-order chi connectivity index (χ1) is 30.2. The summed E-state index contributed by atoms with van der Waals surface area (Å²) < 4.78 is 78.8. The number of rotatable bonds is 18. The Hall–Kier alpha value is -6.65. The Kier molecular flexibility index (Phi) is 13.2. The SMILES string of the molecule is COc1ccc(CN(Cc2ccc(OC)cc2)S(=O)(=O)c2c(S(=O)(=O)CC(O)CNC(=O)O)ccc(-c3cccc4sc(N)nc34)c2-c2nnn(Cc3ccc(OC)cc3)n2)cc1. The van der Waals surface area contributed by atoms with Crippen LogP contribution in [0.15, 0.2) is 113 Å². The van der Waals surface area contributed by atoms with E-state index in [0.717, 1.165) is 15.9 Å². The Morgan fingerprint density at radius 1 is 0.810 bits per heavy atom. The van der Waals surface area contributed by atoms with E-state index in [4.69, 9.17) is 19.9 Å². The van der Waals surface area contributed by atoms with Crippen molar-refractivity contribution in [2.24, 2.45) is 0 Å². The van der Waals surface area contributed by atoms with Crippen LogP contribution < -0.4 is 25.3 Å². The summed E-state index contributed by atoms with van der Waals surface area (Å²) in [4.78, 5) is 15.7. The summed E-state index contributed by atoms with van der Waals surface area (Å²) in [5, 5.41) is 35.5. The second-order valence-electron chi connectivity index (χ2n) is 14.1. The fraction of sp³-hybridized carbons (Fsp3) is 0.214. The quantitative estimate of drug-likeness (QED) is 0.0878. The first kappa shape index (κ1) is 44.4. The number of nitrogens with two attached hydrogens (primary N) is 1. The van der Waals surface area contributed by atoms with E-state index in [1.807, 2.05) is 5.32 Å². The van der Waals surface area contributed by atoms with Crippen LogP contribution in [0, 0.1) is 0 Å². The summed E-state index contributed by atoms with van der Waals surface area (Å²) in [7, 11) is -5.23. The third-order valence-corrected chi connectivity index (χ3v) is 14.6. The van der Waals surface area contributed by atoms with Gasteiger partial charge in [-0.25, -0.2) is 26.6 Å². The van der Waals surface area contributed by atoms with Crippen molar-refractivity contribution in [1.29, 1.82) is 0 Å². The van der Waals surface area contributed by atoms with Crippen LogP contribution in [0.3, 0.4) is 0 Å². The zero-order valence-corrected chi connectivity index (χ0v) is 36.5. The zero-order chi connectivity index (χ0) is 44.9. The molecule has 0 aliphatic carbocycles. The van der Waals surface area contributed by atoms with Crippen molar-refractivity contribution < 1.29 is 46.1 Å². The Balaban J connectivity index is 1.50. The molecule has 0 spiro atoms. The van der Waals surface area contributed by atoms with Crippen molar-refractivity contribution in [3.8, 4) is 39.8 Å². The Labute approximate surface area is 366 Å². The number of anilines is 1. The molecule has 0 radical (unpaired) electrons. The molecular formula is C42H42N8O10S3. The Morgan fingerprint density at radius 3 is 1.94 bits per heavy atom. The van der Waals surface area contributed by atoms with Gasteiger partial charge in [-0.2, -0.15) is 9.10 Å². The number of sulfone groups is 1. The van der Waals surface area contributed by atoms with Gasteiger partial charge < -0.3 is 35.5 Å². The Bertz CT molecular complexity index is 2910. The van der Waals surface area contributed by atoms with Gasteiger partial charge in [0.2, 0.25) is 15.8 Å². The first-order valence-electron chi connectivity index (χ1n) is 19.1. The summed E-state index contributed by atoms with van der Waals surface area (Å²) in [5.74, 6) is 0.391. The highest BCUT2D eigenvalue weighted by atomic mass is 32.2. The van der Waals surface area contributed by atoms with Crippen molar-refractivity contribution in [1.82, 2.24) is 34.8 Å². The molecule has 1 amide bonds. The summed E-state index contributed by atoms with van der Waals surface area (Å²) >= 11 is 1.21. The number of thiazole rings is 1. The zero-order valence-electron chi connectivity index (χ0n) is 34.1. The van der Waals surface area contributed by atoms with E-state index in [0.29, 0.717) is 44.2 Å². The average Bonchev–Trinajstić information content (AvgIpc) is 3.91. The molecule has 328 valence electrons. The lowest BCUT2D eigenvalue weighted by molar-refractivity contribution is 0.169. The van der Waals surface area contributed by atoms with Crippen LogP contribution in [0.2, 0.25) is 0 Å². The van der Waals surface area contributed by atoms with Crippen LogP contribution in [0.1, 0.15) is 16.7 Å². The minimum atomic E-state index is -4.99. The molecule has 0 aliphatic heterocycles. The number of aliphatic hydroxyl groups is 1. The van der Waals surface area contributed by atoms with E-state index in [1.54, 1.807) is 98.1 Å². The average molecular weight is 915 g/mol. The highest BCUT2D eigenvalue weighted by molar-refractivity contribution is 7.93. The Morgan fingerprint density at radius 2 is 1.38 bits per heavy atom. The van der Waals surface area contributed by atoms with E-state index in [9.17, 15) is 23.4 Å². The van der Waals surface area contributed by atoms with E-state index in [2.05, 4.69) is 20.4 Å². The predicted molar refractivity (Wildman–Crippen MR) is 235 cm³/mol. The number of aromatic nitrogens is 5. The number of aliphatic hydroxyl groups excluding tert-OH is 1. The minimum Gasteiger partial charge on any atom is -0.497 e. The maximum Gasteiger partial charge on any atom is 0.404 e.